The van der Waals surface area contributed by atoms with Gasteiger partial charge in [0.25, 0.3) is 0 Å². The van der Waals surface area contributed by atoms with E-state index in [-0.39, 0.29) is 24.0 Å². The molecule has 27 heavy (non-hydrogen) atoms. The average molecular weight is 382 g/mol. The van der Waals surface area contributed by atoms with Crippen LogP contribution in [0.2, 0.25) is 0 Å². The summed E-state index contributed by atoms with van der Waals surface area (Å²) in [5.41, 5.74) is 0.381. The van der Waals surface area contributed by atoms with E-state index in [2.05, 4.69) is 30.1 Å². The second-order valence-electron chi connectivity index (χ2n) is 4.92. The molecule has 0 atom stereocenters. The van der Waals surface area contributed by atoms with Crippen molar-refractivity contribution in [2.45, 2.75) is 13.5 Å². The first-order valence-electron chi connectivity index (χ1n) is 7.76. The van der Waals surface area contributed by atoms with E-state index < -0.39 is 18.2 Å². The molecule has 11 heteroatoms. The zero-order chi connectivity index (χ0) is 19.6. The molecule has 0 spiro atoms. The van der Waals surface area contributed by atoms with E-state index in [1.54, 1.807) is 6.07 Å². The van der Waals surface area contributed by atoms with Gasteiger partial charge in [-0.3, -0.25) is 4.99 Å². The number of aromatic nitrogens is 2. The highest BCUT2D eigenvalue weighted by molar-refractivity contribution is 6.31. The van der Waals surface area contributed by atoms with Crippen LogP contribution in [0.1, 0.15) is 6.92 Å². The lowest BCUT2D eigenvalue weighted by Crippen LogP contribution is -2.16. The Morgan fingerprint density at radius 1 is 1.37 bits per heavy atom. The smallest absolute Gasteiger partial charge is 0.387 e. The van der Waals surface area contributed by atoms with Crippen molar-refractivity contribution < 1.29 is 22.6 Å². The summed E-state index contributed by atoms with van der Waals surface area (Å²) >= 11 is 0. The van der Waals surface area contributed by atoms with E-state index >= 15 is 0 Å². The minimum absolute atomic E-state index is 0.0861. The number of aliphatic imine (C=N–C) groups is 1. The molecule has 1 heterocycles. The summed E-state index contributed by atoms with van der Waals surface area (Å²) in [6.07, 6.45) is 2.77. The van der Waals surface area contributed by atoms with Crippen LogP contribution in [-0.2, 0) is 0 Å². The molecule has 0 aliphatic heterocycles. The number of alkyl halides is 2. The molecule has 3 N–H and O–H groups in total. The van der Waals surface area contributed by atoms with E-state index in [0.717, 1.165) is 12.1 Å². The van der Waals surface area contributed by atoms with Crippen molar-refractivity contribution >= 4 is 23.4 Å². The van der Waals surface area contributed by atoms with Crippen LogP contribution in [-0.4, -0.2) is 41.7 Å². The quantitative estimate of drug-likeness (QED) is 0.392. The van der Waals surface area contributed by atoms with Crippen molar-refractivity contribution in [2.75, 3.05) is 18.5 Å². The molecule has 2 aromatic rings. The first kappa shape index (κ1) is 19.9. The summed E-state index contributed by atoms with van der Waals surface area (Å²) in [6.45, 7) is -0.623. The molecule has 0 aliphatic rings. The number of hydrogen-bond acceptors (Lipinski definition) is 8. The highest BCUT2D eigenvalue weighted by Gasteiger charge is 2.10. The van der Waals surface area contributed by atoms with E-state index in [0.29, 0.717) is 12.4 Å². The lowest BCUT2D eigenvalue weighted by molar-refractivity contribution is -0.0521. The maximum atomic E-state index is 13.4. The van der Waals surface area contributed by atoms with Gasteiger partial charge < -0.3 is 20.6 Å². The van der Waals surface area contributed by atoms with Crippen LogP contribution in [0, 0.1) is 5.82 Å². The first-order valence-corrected chi connectivity index (χ1v) is 7.76. The summed E-state index contributed by atoms with van der Waals surface area (Å²) < 4.78 is 47.3. The maximum Gasteiger partial charge on any atom is 0.387 e. The number of hydrogen-bond donors (Lipinski definition) is 2. The summed E-state index contributed by atoms with van der Waals surface area (Å²) in [5, 5.41) is 6.52. The minimum atomic E-state index is -3.15. The second-order valence-corrected chi connectivity index (χ2v) is 4.92. The number of rotatable bonds is 9. The Morgan fingerprint density at radius 2 is 2.19 bits per heavy atom. The molecule has 0 saturated carbocycles. The topological polar surface area (TPSA) is 107 Å². The standard InChI is InChI=1S/C16H17F3N6O2/c1-2-21-14-5-6-22-16(24-14)26-9-11(25-20)8-23-10-3-4-12(17)13(7-10)27-15(18)19/h3-8,15H,2,9,20H2,1H3,(H,21,22,24). The number of halogens is 3. The van der Waals surface area contributed by atoms with Crippen LogP contribution < -0.4 is 20.6 Å². The van der Waals surface area contributed by atoms with Gasteiger partial charge in [0, 0.05) is 18.8 Å². The molecule has 0 amide bonds. The number of benzene rings is 1. The van der Waals surface area contributed by atoms with Crippen LogP contribution in [0.3, 0.4) is 0 Å². The summed E-state index contributed by atoms with van der Waals surface area (Å²) in [5.74, 6) is 4.33. The van der Waals surface area contributed by atoms with Crippen molar-refractivity contribution in [1.29, 1.82) is 0 Å². The van der Waals surface area contributed by atoms with E-state index in [9.17, 15) is 13.2 Å². The molecule has 144 valence electrons. The van der Waals surface area contributed by atoms with Crippen LogP contribution in [0.25, 0.3) is 0 Å². The van der Waals surface area contributed by atoms with Gasteiger partial charge in [0.2, 0.25) is 0 Å². The van der Waals surface area contributed by atoms with Crippen LogP contribution in [0.15, 0.2) is 40.6 Å². The number of ether oxygens (including phenoxy) is 2. The molecule has 0 fully saturated rings. The van der Waals surface area contributed by atoms with Crippen molar-refractivity contribution in [1.82, 2.24) is 9.97 Å². The highest BCUT2D eigenvalue weighted by atomic mass is 19.3. The van der Waals surface area contributed by atoms with Crippen LogP contribution in [0.4, 0.5) is 24.7 Å². The lowest BCUT2D eigenvalue weighted by Gasteiger charge is -2.07. The molecular weight excluding hydrogens is 365 g/mol. The fraction of sp³-hybridized carbons (Fsp3) is 0.250. The van der Waals surface area contributed by atoms with Crippen molar-refractivity contribution in [2.24, 2.45) is 15.9 Å². The summed E-state index contributed by atoms with van der Waals surface area (Å²) in [7, 11) is 0. The Kier molecular flexibility index (Phi) is 7.35. The van der Waals surface area contributed by atoms with Gasteiger partial charge in [0.05, 0.1) is 11.9 Å². The van der Waals surface area contributed by atoms with Gasteiger partial charge in [-0.05, 0) is 25.1 Å². The Morgan fingerprint density at radius 3 is 2.89 bits per heavy atom. The molecule has 0 bridgehead atoms. The fourth-order valence-corrected chi connectivity index (χ4v) is 1.84. The highest BCUT2D eigenvalue weighted by Crippen LogP contribution is 2.25. The van der Waals surface area contributed by atoms with Crippen molar-refractivity contribution in [3.05, 3.63) is 36.3 Å². The lowest BCUT2D eigenvalue weighted by atomic mass is 10.3. The third-order valence-corrected chi connectivity index (χ3v) is 3.00. The molecule has 0 aliphatic carbocycles. The molecule has 0 radical (unpaired) electrons. The summed E-state index contributed by atoms with van der Waals surface area (Å²) in [4.78, 5) is 12.1. The SMILES string of the molecule is CCNc1ccnc(OCC(C=Nc2ccc(F)c(OC(F)F)c2)=NN)n1. The fourth-order valence-electron chi connectivity index (χ4n) is 1.84. The predicted molar refractivity (Wildman–Crippen MR) is 94.5 cm³/mol. The second kappa shape index (κ2) is 9.94. The zero-order valence-electron chi connectivity index (χ0n) is 14.3. The molecule has 1 aromatic carbocycles. The van der Waals surface area contributed by atoms with Crippen LogP contribution in [0.5, 0.6) is 11.8 Å². The Balaban J connectivity index is 2.01. The van der Waals surface area contributed by atoms with Gasteiger partial charge in [-0.1, -0.05) is 0 Å². The van der Waals surface area contributed by atoms with Gasteiger partial charge >= 0.3 is 12.6 Å². The molecule has 2 rings (SSSR count). The molecule has 0 saturated heterocycles. The zero-order valence-corrected chi connectivity index (χ0v) is 14.3. The number of hydrazone groups is 1. The van der Waals surface area contributed by atoms with E-state index in [4.69, 9.17) is 10.6 Å². The van der Waals surface area contributed by atoms with Gasteiger partial charge in [0.15, 0.2) is 11.6 Å². The van der Waals surface area contributed by atoms with Gasteiger partial charge in [-0.2, -0.15) is 18.9 Å². The average Bonchev–Trinajstić information content (AvgIpc) is 2.64. The summed E-state index contributed by atoms with van der Waals surface area (Å²) in [6, 6.07) is 5.05. The maximum absolute atomic E-state index is 13.4. The molecule has 0 unspecified atom stereocenters. The Hall–Kier alpha value is -3.37. The van der Waals surface area contributed by atoms with Gasteiger partial charge in [0.1, 0.15) is 18.1 Å². The van der Waals surface area contributed by atoms with E-state index in [1.807, 2.05) is 6.92 Å². The third kappa shape index (κ3) is 6.45. The largest absolute Gasteiger partial charge is 0.457 e. The first-order chi connectivity index (χ1) is 13.0. The minimum Gasteiger partial charge on any atom is -0.457 e. The molecule has 1 aromatic heterocycles. The number of nitrogens with one attached hydrogen (secondary N) is 1. The molecule has 8 nitrogen and oxygen atoms in total. The number of nitrogens with zero attached hydrogens (tertiary/aromatic N) is 4. The monoisotopic (exact) mass is 382 g/mol. The third-order valence-electron chi connectivity index (χ3n) is 3.00. The van der Waals surface area contributed by atoms with Crippen LogP contribution >= 0.6 is 0 Å². The number of anilines is 1. The Labute approximate surface area is 152 Å². The number of nitrogens with two attached hydrogens (primary N) is 1. The van der Waals surface area contributed by atoms with Crippen molar-refractivity contribution in [3.8, 4) is 11.8 Å². The van der Waals surface area contributed by atoms with Gasteiger partial charge in [-0.15, -0.1) is 0 Å². The van der Waals surface area contributed by atoms with Gasteiger partial charge in [-0.25, -0.2) is 9.37 Å². The molecular formula is C16H17F3N6O2. The predicted octanol–water partition coefficient (Wildman–Crippen LogP) is 2.74. The normalized spacial score (nSPS) is 11.8. The van der Waals surface area contributed by atoms with Crippen molar-refractivity contribution in [3.63, 3.8) is 0 Å². The van der Waals surface area contributed by atoms with E-state index in [1.165, 1.54) is 18.5 Å². The Bertz CT molecular complexity index is 816.